The smallest absolute Gasteiger partial charge is 0.242 e. The van der Waals surface area contributed by atoms with Crippen LogP contribution in [0.3, 0.4) is 0 Å². The van der Waals surface area contributed by atoms with E-state index in [1.165, 1.54) is 31.6 Å². The summed E-state index contributed by atoms with van der Waals surface area (Å²) in [5.74, 6) is 1.29. The van der Waals surface area contributed by atoms with Crippen LogP contribution < -0.4 is 14.8 Å². The van der Waals surface area contributed by atoms with Gasteiger partial charge in [0.25, 0.3) is 0 Å². The lowest BCUT2D eigenvalue weighted by Gasteiger charge is -2.41. The predicted octanol–water partition coefficient (Wildman–Crippen LogP) is 4.08. The van der Waals surface area contributed by atoms with Gasteiger partial charge in [0.1, 0.15) is 17.1 Å². The van der Waals surface area contributed by atoms with Gasteiger partial charge in [0.05, 0.1) is 18.0 Å². The highest BCUT2D eigenvalue weighted by Crippen LogP contribution is 2.42. The first-order chi connectivity index (χ1) is 15.7. The highest BCUT2D eigenvalue weighted by Gasteiger charge is 2.38. The fraction of sp³-hybridized carbons (Fsp3) is 0.480. The van der Waals surface area contributed by atoms with Crippen molar-refractivity contribution in [3.63, 3.8) is 0 Å². The molecule has 1 aliphatic rings. The van der Waals surface area contributed by atoms with Gasteiger partial charge in [-0.3, -0.25) is 4.79 Å². The van der Waals surface area contributed by atoms with Gasteiger partial charge in [-0.15, -0.1) is 0 Å². The van der Waals surface area contributed by atoms with Gasteiger partial charge in [0.2, 0.25) is 15.9 Å². The number of benzene rings is 2. The molecule has 0 fully saturated rings. The van der Waals surface area contributed by atoms with Crippen LogP contribution in [-0.4, -0.2) is 45.4 Å². The lowest BCUT2D eigenvalue weighted by Crippen LogP contribution is -2.44. The number of aryl methyl sites for hydroxylation is 1. The van der Waals surface area contributed by atoms with Gasteiger partial charge in [-0.05, 0) is 49.1 Å². The summed E-state index contributed by atoms with van der Waals surface area (Å²) >= 11 is 0. The van der Waals surface area contributed by atoms with Crippen LogP contribution in [0.15, 0.2) is 47.4 Å². The van der Waals surface area contributed by atoms with Crippen molar-refractivity contribution in [1.82, 2.24) is 9.62 Å². The number of para-hydroxylation sites is 1. The molecule has 0 radical (unpaired) electrons. The van der Waals surface area contributed by atoms with E-state index in [4.69, 9.17) is 9.47 Å². The molecule has 0 unspecified atom stereocenters. The highest BCUT2D eigenvalue weighted by atomic mass is 32.2. The van der Waals surface area contributed by atoms with E-state index in [0.717, 1.165) is 24.2 Å². The molecule has 0 aliphatic carbocycles. The molecule has 1 aliphatic heterocycles. The summed E-state index contributed by atoms with van der Waals surface area (Å²) < 4.78 is 37.9. The van der Waals surface area contributed by atoms with Gasteiger partial charge in [-0.1, -0.05) is 32.0 Å². The molecule has 0 spiro atoms. The molecule has 0 saturated carbocycles. The SMILES string of the molecule is CCC1(CC)C[C@H](NC(=O)CCc2cc(S(=O)(=O)N(C)C)ccc2OC)c2ccccc2O1. The lowest BCUT2D eigenvalue weighted by atomic mass is 9.83. The molecule has 3 rings (SSSR count). The number of fused-ring (bicyclic) bond motifs is 1. The summed E-state index contributed by atoms with van der Waals surface area (Å²) in [5, 5.41) is 3.18. The molecule has 2 aromatic rings. The van der Waals surface area contributed by atoms with Gasteiger partial charge < -0.3 is 14.8 Å². The number of nitrogens with zero attached hydrogens (tertiary/aromatic N) is 1. The van der Waals surface area contributed by atoms with E-state index in [1.54, 1.807) is 12.1 Å². The van der Waals surface area contributed by atoms with Crippen LogP contribution in [0.1, 0.15) is 56.7 Å². The lowest BCUT2D eigenvalue weighted by molar-refractivity contribution is -0.122. The van der Waals surface area contributed by atoms with Crippen molar-refractivity contribution in [2.45, 2.75) is 62.5 Å². The minimum Gasteiger partial charge on any atom is -0.496 e. The Hall–Kier alpha value is -2.58. The summed E-state index contributed by atoms with van der Waals surface area (Å²) in [5.41, 5.74) is 1.36. The first-order valence-corrected chi connectivity index (χ1v) is 12.8. The minimum absolute atomic E-state index is 0.0965. The summed E-state index contributed by atoms with van der Waals surface area (Å²) in [6, 6.07) is 12.5. The first kappa shape index (κ1) is 25.1. The van der Waals surface area contributed by atoms with Crippen molar-refractivity contribution in [2.24, 2.45) is 0 Å². The average molecular weight is 475 g/mol. The fourth-order valence-electron chi connectivity index (χ4n) is 4.27. The monoisotopic (exact) mass is 474 g/mol. The molecule has 7 nitrogen and oxygen atoms in total. The number of nitrogens with one attached hydrogen (secondary N) is 1. The van der Waals surface area contributed by atoms with Crippen molar-refractivity contribution >= 4 is 15.9 Å². The van der Waals surface area contributed by atoms with Gasteiger partial charge in [0.15, 0.2) is 0 Å². The Morgan fingerprint density at radius 1 is 1.18 bits per heavy atom. The quantitative estimate of drug-likeness (QED) is 0.592. The van der Waals surface area contributed by atoms with E-state index in [0.29, 0.717) is 24.2 Å². The molecular weight excluding hydrogens is 440 g/mol. The second-order valence-electron chi connectivity index (χ2n) is 8.62. The van der Waals surface area contributed by atoms with E-state index >= 15 is 0 Å². The molecule has 0 bridgehead atoms. The number of hydrogen-bond donors (Lipinski definition) is 1. The third-order valence-electron chi connectivity index (χ3n) is 6.47. The fourth-order valence-corrected chi connectivity index (χ4v) is 5.22. The normalized spacial score (nSPS) is 17.2. The van der Waals surface area contributed by atoms with Crippen LogP contribution in [0.25, 0.3) is 0 Å². The van der Waals surface area contributed by atoms with Crippen molar-refractivity contribution < 1.29 is 22.7 Å². The van der Waals surface area contributed by atoms with Crippen LogP contribution in [0.2, 0.25) is 0 Å². The average Bonchev–Trinajstić information content (AvgIpc) is 2.82. The van der Waals surface area contributed by atoms with Gasteiger partial charge in [-0.2, -0.15) is 0 Å². The molecule has 0 aromatic heterocycles. The standard InChI is InChI=1S/C25H34N2O5S/c1-6-25(7-2)17-21(20-10-8-9-11-23(20)32-25)26-24(28)15-12-18-16-19(13-14-22(18)31-5)33(29,30)27(3)4/h8-11,13-14,16,21H,6-7,12,15,17H2,1-5H3,(H,26,28)/t21-/m0/s1. The second-order valence-corrected chi connectivity index (χ2v) is 10.8. The zero-order valence-electron chi connectivity index (χ0n) is 20.1. The minimum atomic E-state index is -3.57. The van der Waals surface area contributed by atoms with Gasteiger partial charge in [0, 0.05) is 32.5 Å². The molecule has 180 valence electrons. The van der Waals surface area contributed by atoms with Crippen molar-refractivity contribution in [1.29, 1.82) is 0 Å². The maximum Gasteiger partial charge on any atom is 0.242 e. The predicted molar refractivity (Wildman–Crippen MR) is 128 cm³/mol. The maximum atomic E-state index is 13.0. The summed E-state index contributed by atoms with van der Waals surface area (Å²) in [6.45, 7) is 4.22. The van der Waals surface area contributed by atoms with E-state index in [9.17, 15) is 13.2 Å². The Bertz CT molecular complexity index is 1090. The van der Waals surface area contributed by atoms with E-state index < -0.39 is 10.0 Å². The zero-order chi connectivity index (χ0) is 24.2. The third-order valence-corrected chi connectivity index (χ3v) is 8.28. The first-order valence-electron chi connectivity index (χ1n) is 11.3. The van der Waals surface area contributed by atoms with Crippen LogP contribution in [0, 0.1) is 0 Å². The van der Waals surface area contributed by atoms with E-state index in [1.807, 2.05) is 24.3 Å². The number of hydrogen-bond acceptors (Lipinski definition) is 5. The largest absolute Gasteiger partial charge is 0.496 e. The summed E-state index contributed by atoms with van der Waals surface area (Å²) in [7, 11) is 0.942. The molecule has 1 amide bonds. The zero-order valence-corrected chi connectivity index (χ0v) is 20.9. The Balaban J connectivity index is 1.77. The molecule has 33 heavy (non-hydrogen) atoms. The number of carbonyl (C=O) groups excluding carboxylic acids is 1. The number of ether oxygens (including phenoxy) is 2. The maximum absolute atomic E-state index is 13.0. The topological polar surface area (TPSA) is 84.9 Å². The van der Waals surface area contributed by atoms with E-state index in [2.05, 4.69) is 19.2 Å². The number of rotatable bonds is 9. The summed E-state index contributed by atoms with van der Waals surface area (Å²) in [6.07, 6.45) is 3.00. The third kappa shape index (κ3) is 5.33. The number of sulfonamides is 1. The second kappa shape index (κ2) is 10.1. The Kier molecular flexibility index (Phi) is 7.69. The van der Waals surface area contributed by atoms with E-state index in [-0.39, 0.29) is 28.9 Å². The Morgan fingerprint density at radius 2 is 1.88 bits per heavy atom. The Morgan fingerprint density at radius 3 is 2.52 bits per heavy atom. The van der Waals surface area contributed by atoms with Crippen LogP contribution in [-0.2, 0) is 21.2 Å². The van der Waals surface area contributed by atoms with Crippen LogP contribution in [0.4, 0.5) is 0 Å². The Labute approximate surface area is 197 Å². The highest BCUT2D eigenvalue weighted by molar-refractivity contribution is 7.89. The van der Waals surface area contributed by atoms with Crippen molar-refractivity contribution in [3.05, 3.63) is 53.6 Å². The van der Waals surface area contributed by atoms with Gasteiger partial charge >= 0.3 is 0 Å². The van der Waals surface area contributed by atoms with Gasteiger partial charge in [-0.25, -0.2) is 12.7 Å². The molecular formula is C25H34N2O5S. The number of carbonyl (C=O) groups is 1. The van der Waals surface area contributed by atoms with Crippen molar-refractivity contribution in [2.75, 3.05) is 21.2 Å². The summed E-state index contributed by atoms with van der Waals surface area (Å²) in [4.78, 5) is 13.1. The number of methoxy groups -OCH3 is 1. The molecule has 2 aromatic carbocycles. The molecule has 1 N–H and O–H groups in total. The van der Waals surface area contributed by atoms with Crippen molar-refractivity contribution in [3.8, 4) is 11.5 Å². The van der Waals surface area contributed by atoms with Crippen LogP contribution >= 0.6 is 0 Å². The van der Waals surface area contributed by atoms with Crippen LogP contribution in [0.5, 0.6) is 11.5 Å². The molecule has 0 saturated heterocycles. The number of amides is 1. The molecule has 1 heterocycles. The molecule has 8 heteroatoms. The molecule has 1 atom stereocenters.